The maximum absolute atomic E-state index is 6.05. The number of pyridine rings is 1. The Kier molecular flexibility index (Phi) is 5.31. The van der Waals surface area contributed by atoms with E-state index < -0.39 is 0 Å². The third-order valence-electron chi connectivity index (χ3n) is 3.48. The molecule has 2 aromatic heterocycles. The number of hydrogen-bond donors (Lipinski definition) is 1. The highest BCUT2D eigenvalue weighted by molar-refractivity contribution is 5.59. The molecule has 0 unspecified atom stereocenters. The highest BCUT2D eigenvalue weighted by atomic mass is 16.5. The minimum atomic E-state index is -0.181. The number of rotatable bonds is 6. The van der Waals surface area contributed by atoms with Crippen LogP contribution in [-0.4, -0.2) is 27.1 Å². The van der Waals surface area contributed by atoms with Gasteiger partial charge >= 0.3 is 0 Å². The van der Waals surface area contributed by atoms with Crippen molar-refractivity contribution in [3.05, 3.63) is 35.9 Å². The van der Waals surface area contributed by atoms with Crippen molar-refractivity contribution in [3.8, 4) is 17.1 Å². The topological polar surface area (TPSA) is 73.9 Å². The predicted molar refractivity (Wildman–Crippen MR) is 92.3 cm³/mol. The van der Waals surface area contributed by atoms with Gasteiger partial charge in [-0.15, -0.1) is 0 Å². The molecule has 124 valence electrons. The summed E-state index contributed by atoms with van der Waals surface area (Å²) in [5, 5.41) is 0. The Labute approximate surface area is 138 Å². The summed E-state index contributed by atoms with van der Waals surface area (Å²) >= 11 is 0. The number of hydrogen-bond acceptors (Lipinski definition) is 5. The molecule has 0 bridgehead atoms. The third kappa shape index (κ3) is 5.28. The normalized spacial score (nSPS) is 13.0. The van der Waals surface area contributed by atoms with Crippen molar-refractivity contribution in [1.29, 1.82) is 0 Å². The number of aromatic nitrogens is 3. The molecule has 0 saturated heterocycles. The molecule has 2 aromatic rings. The lowest BCUT2D eigenvalue weighted by atomic mass is 9.93. The summed E-state index contributed by atoms with van der Waals surface area (Å²) in [6, 6.07) is 3.93. The van der Waals surface area contributed by atoms with Crippen molar-refractivity contribution in [1.82, 2.24) is 15.0 Å². The van der Waals surface area contributed by atoms with Gasteiger partial charge < -0.3 is 10.5 Å². The predicted octanol–water partition coefficient (Wildman–Crippen LogP) is 3.30. The van der Waals surface area contributed by atoms with Crippen LogP contribution in [0.4, 0.5) is 0 Å². The fourth-order valence-electron chi connectivity index (χ4n) is 2.65. The van der Waals surface area contributed by atoms with Crippen molar-refractivity contribution in [3.63, 3.8) is 0 Å². The average Bonchev–Trinajstić information content (AvgIpc) is 2.44. The Morgan fingerprint density at radius 3 is 2.61 bits per heavy atom. The van der Waals surface area contributed by atoms with Crippen molar-refractivity contribution < 1.29 is 4.74 Å². The zero-order valence-electron chi connectivity index (χ0n) is 14.6. The van der Waals surface area contributed by atoms with Crippen LogP contribution in [-0.2, 0) is 0 Å². The fourth-order valence-corrected chi connectivity index (χ4v) is 2.65. The Morgan fingerprint density at radius 1 is 1.26 bits per heavy atom. The molecular formula is C18H26N4O. The van der Waals surface area contributed by atoms with E-state index in [1.807, 2.05) is 39.8 Å². The fraction of sp³-hybridized carbons (Fsp3) is 0.500. The monoisotopic (exact) mass is 314 g/mol. The third-order valence-corrected chi connectivity index (χ3v) is 3.48. The maximum Gasteiger partial charge on any atom is 0.216 e. The first-order chi connectivity index (χ1) is 10.7. The van der Waals surface area contributed by atoms with E-state index in [1.165, 1.54) is 0 Å². The van der Waals surface area contributed by atoms with Crippen LogP contribution in [0.2, 0.25) is 0 Å². The zero-order valence-corrected chi connectivity index (χ0v) is 14.6. The number of aryl methyl sites for hydroxylation is 2. The van der Waals surface area contributed by atoms with Gasteiger partial charge in [0.1, 0.15) is 5.82 Å². The molecule has 2 rings (SSSR count). The molecule has 23 heavy (non-hydrogen) atoms. The van der Waals surface area contributed by atoms with Gasteiger partial charge in [-0.25, -0.2) is 15.0 Å². The van der Waals surface area contributed by atoms with E-state index in [1.54, 1.807) is 12.4 Å². The van der Waals surface area contributed by atoms with Crippen LogP contribution >= 0.6 is 0 Å². The Bertz CT molecular complexity index is 664. The van der Waals surface area contributed by atoms with E-state index in [0.29, 0.717) is 18.4 Å². The first-order valence-corrected chi connectivity index (χ1v) is 7.93. The minimum absolute atomic E-state index is 0.181. The van der Waals surface area contributed by atoms with Gasteiger partial charge in [-0.05, 0) is 52.2 Å². The molecule has 0 aliphatic rings. The van der Waals surface area contributed by atoms with Gasteiger partial charge in [-0.2, -0.15) is 0 Å². The van der Waals surface area contributed by atoms with E-state index in [9.17, 15) is 0 Å². The van der Waals surface area contributed by atoms with Crippen molar-refractivity contribution >= 4 is 0 Å². The smallest absolute Gasteiger partial charge is 0.216 e. The molecule has 0 radical (unpaired) electrons. The van der Waals surface area contributed by atoms with Gasteiger partial charge in [0.15, 0.2) is 0 Å². The molecule has 0 aliphatic carbocycles. The van der Waals surface area contributed by atoms with Gasteiger partial charge in [0.05, 0.1) is 12.3 Å². The summed E-state index contributed by atoms with van der Waals surface area (Å²) in [5.41, 5.74) is 8.71. The summed E-state index contributed by atoms with van der Waals surface area (Å²) < 4.78 is 5.86. The molecule has 1 atom stereocenters. The number of nitrogens with zero attached hydrogens (tertiary/aromatic N) is 3. The quantitative estimate of drug-likeness (QED) is 0.885. The summed E-state index contributed by atoms with van der Waals surface area (Å²) in [5.74, 6) is 1.79. The standard InChI is InChI=1S/C18H26N4O/c1-12(9-18(4,5)19)11-23-17-13(2)8-15(10-21-17)16-6-7-20-14(3)22-16/h6-8,10,12H,9,11,19H2,1-5H3/t12-/m0/s1. The molecule has 2 heterocycles. The molecule has 0 fully saturated rings. The Balaban J connectivity index is 2.05. The molecule has 5 heteroatoms. The molecule has 0 amide bonds. The summed E-state index contributed by atoms with van der Waals surface area (Å²) in [7, 11) is 0. The van der Waals surface area contributed by atoms with Crippen molar-refractivity contribution in [2.75, 3.05) is 6.61 Å². The second-order valence-electron chi connectivity index (χ2n) is 6.94. The highest BCUT2D eigenvalue weighted by Gasteiger charge is 2.16. The second kappa shape index (κ2) is 7.04. The lowest BCUT2D eigenvalue weighted by molar-refractivity contribution is 0.221. The van der Waals surface area contributed by atoms with Gasteiger partial charge in [-0.1, -0.05) is 6.92 Å². The van der Waals surface area contributed by atoms with Gasteiger partial charge in [0.2, 0.25) is 5.88 Å². The van der Waals surface area contributed by atoms with Gasteiger partial charge in [0, 0.05) is 29.1 Å². The van der Waals surface area contributed by atoms with Gasteiger partial charge in [0.25, 0.3) is 0 Å². The maximum atomic E-state index is 6.05. The van der Waals surface area contributed by atoms with Crippen LogP contribution in [0.15, 0.2) is 24.5 Å². The average molecular weight is 314 g/mol. The second-order valence-corrected chi connectivity index (χ2v) is 6.94. The molecule has 2 N–H and O–H groups in total. The first-order valence-electron chi connectivity index (χ1n) is 7.93. The Morgan fingerprint density at radius 2 is 2.00 bits per heavy atom. The van der Waals surface area contributed by atoms with E-state index >= 15 is 0 Å². The van der Waals surface area contributed by atoms with Crippen LogP contribution in [0.5, 0.6) is 5.88 Å². The highest BCUT2D eigenvalue weighted by Crippen LogP contribution is 2.23. The van der Waals surface area contributed by atoms with Crippen LogP contribution in [0.1, 0.15) is 38.6 Å². The van der Waals surface area contributed by atoms with E-state index in [-0.39, 0.29) is 5.54 Å². The van der Waals surface area contributed by atoms with Crippen molar-refractivity contribution in [2.45, 2.75) is 46.6 Å². The molecule has 0 aliphatic heterocycles. The molecule has 0 saturated carbocycles. The minimum Gasteiger partial charge on any atom is -0.477 e. The van der Waals surface area contributed by atoms with Crippen LogP contribution < -0.4 is 10.5 Å². The lowest BCUT2D eigenvalue weighted by Crippen LogP contribution is -2.35. The van der Waals surface area contributed by atoms with E-state index in [0.717, 1.165) is 29.1 Å². The van der Waals surface area contributed by atoms with Gasteiger partial charge in [-0.3, -0.25) is 0 Å². The Hall–Kier alpha value is -2.01. The summed E-state index contributed by atoms with van der Waals surface area (Å²) in [6.07, 6.45) is 4.46. The largest absolute Gasteiger partial charge is 0.477 e. The summed E-state index contributed by atoms with van der Waals surface area (Å²) in [4.78, 5) is 13.0. The molecule has 5 nitrogen and oxygen atoms in total. The van der Waals surface area contributed by atoms with Crippen LogP contribution in [0, 0.1) is 19.8 Å². The molecular weight excluding hydrogens is 288 g/mol. The van der Waals surface area contributed by atoms with Crippen LogP contribution in [0.25, 0.3) is 11.3 Å². The van der Waals surface area contributed by atoms with Crippen LogP contribution in [0.3, 0.4) is 0 Å². The number of ether oxygens (including phenoxy) is 1. The molecule has 0 spiro atoms. The zero-order chi connectivity index (χ0) is 17.0. The van der Waals surface area contributed by atoms with E-state index in [2.05, 4.69) is 21.9 Å². The lowest BCUT2D eigenvalue weighted by Gasteiger charge is -2.23. The molecule has 0 aromatic carbocycles. The first kappa shape index (κ1) is 17.3. The van der Waals surface area contributed by atoms with Crippen molar-refractivity contribution in [2.24, 2.45) is 11.7 Å². The SMILES string of the molecule is Cc1nccc(-c2cnc(OC[C@@H](C)CC(C)(C)N)c(C)c2)n1. The van der Waals surface area contributed by atoms with E-state index in [4.69, 9.17) is 10.5 Å². The number of nitrogens with two attached hydrogens (primary N) is 1. The summed E-state index contributed by atoms with van der Waals surface area (Å²) in [6.45, 7) is 10.7.